The number of aryl methyl sites for hydroxylation is 2. The van der Waals surface area contributed by atoms with Crippen molar-refractivity contribution in [3.63, 3.8) is 0 Å². The number of pyridine rings is 1. The maximum Gasteiger partial charge on any atom is 0.254 e. The van der Waals surface area contributed by atoms with Crippen LogP contribution in [0, 0.1) is 19.8 Å². The van der Waals surface area contributed by atoms with Crippen LogP contribution < -0.4 is 10.2 Å². The zero-order chi connectivity index (χ0) is 27.6. The lowest BCUT2D eigenvalue weighted by Crippen LogP contribution is -2.46. The van der Waals surface area contributed by atoms with Crippen LogP contribution in [-0.4, -0.2) is 42.3 Å². The summed E-state index contributed by atoms with van der Waals surface area (Å²) < 4.78 is 0. The molecule has 0 bridgehead atoms. The summed E-state index contributed by atoms with van der Waals surface area (Å²) in [5, 5.41) is 3.17. The smallest absolute Gasteiger partial charge is 0.254 e. The molecule has 2 atom stereocenters. The number of hydrogen-bond acceptors (Lipinski definition) is 4. The van der Waals surface area contributed by atoms with Gasteiger partial charge in [-0.25, -0.2) is 4.98 Å². The Labute approximate surface area is 227 Å². The molecule has 1 N–H and O–H groups in total. The Hall–Kier alpha value is -3.67. The minimum Gasteiger partial charge on any atom is -0.363 e. The molecule has 0 spiro atoms. The van der Waals surface area contributed by atoms with Crippen molar-refractivity contribution in [3.05, 3.63) is 88.6 Å². The van der Waals surface area contributed by atoms with Gasteiger partial charge in [-0.15, -0.1) is 0 Å². The van der Waals surface area contributed by atoms with Gasteiger partial charge in [0.2, 0.25) is 5.91 Å². The molecule has 2 aromatic carbocycles. The minimum absolute atomic E-state index is 0.0252. The number of aromatic nitrogens is 1. The maximum absolute atomic E-state index is 14.0. The molecule has 1 aromatic heterocycles. The van der Waals surface area contributed by atoms with Crippen LogP contribution in [0.25, 0.3) is 0 Å². The molecule has 3 aromatic rings. The van der Waals surface area contributed by atoms with E-state index in [2.05, 4.69) is 37.1 Å². The van der Waals surface area contributed by atoms with Crippen molar-refractivity contribution in [1.82, 2.24) is 9.88 Å². The van der Waals surface area contributed by atoms with Gasteiger partial charge >= 0.3 is 0 Å². The van der Waals surface area contributed by atoms with E-state index >= 15 is 0 Å². The Morgan fingerprint density at radius 1 is 1.00 bits per heavy atom. The topological polar surface area (TPSA) is 65.5 Å². The van der Waals surface area contributed by atoms with Gasteiger partial charge in [0.25, 0.3) is 5.91 Å². The van der Waals surface area contributed by atoms with Crippen LogP contribution in [-0.2, 0) is 10.2 Å². The van der Waals surface area contributed by atoms with Crippen molar-refractivity contribution in [2.45, 2.75) is 58.9 Å². The third-order valence-electron chi connectivity index (χ3n) is 7.49. The fourth-order valence-electron chi connectivity index (χ4n) is 5.34. The van der Waals surface area contributed by atoms with Gasteiger partial charge < -0.3 is 15.1 Å². The molecule has 6 heteroatoms. The third-order valence-corrected chi connectivity index (χ3v) is 7.49. The zero-order valence-corrected chi connectivity index (χ0v) is 23.7. The molecule has 0 radical (unpaired) electrons. The Morgan fingerprint density at radius 3 is 2.29 bits per heavy atom. The molecule has 2 heterocycles. The van der Waals surface area contributed by atoms with Crippen molar-refractivity contribution < 1.29 is 9.59 Å². The van der Waals surface area contributed by atoms with E-state index in [1.54, 1.807) is 0 Å². The molecule has 0 saturated carbocycles. The van der Waals surface area contributed by atoms with E-state index in [1.807, 2.05) is 92.5 Å². The monoisotopic (exact) mass is 512 g/mol. The van der Waals surface area contributed by atoms with Crippen LogP contribution in [0.1, 0.15) is 72.3 Å². The van der Waals surface area contributed by atoms with E-state index in [1.165, 1.54) is 0 Å². The second-order valence-electron chi connectivity index (χ2n) is 11.6. The Balaban J connectivity index is 1.72. The number of piperidine rings is 1. The number of carbonyl (C=O) groups excluding carboxylic acids is 2. The van der Waals surface area contributed by atoms with Crippen LogP contribution in [0.3, 0.4) is 0 Å². The summed E-state index contributed by atoms with van der Waals surface area (Å²) in [5.74, 6) is 0.325. The maximum atomic E-state index is 14.0. The number of likely N-dealkylation sites (tertiary alicyclic amines) is 1. The first kappa shape index (κ1) is 27.4. The molecule has 2 amide bonds. The molecule has 2 unspecified atom stereocenters. The molecule has 1 aliphatic rings. The SMILES string of the molecule is Cc1cccc(C)c1C(=O)N1CCCC(C(=O)Nc2cccc(C(C)(C)C)c2)C1c1ccc(N(C)C)nc1. The Kier molecular flexibility index (Phi) is 7.91. The van der Waals surface area contributed by atoms with E-state index in [0.29, 0.717) is 18.5 Å². The largest absolute Gasteiger partial charge is 0.363 e. The predicted molar refractivity (Wildman–Crippen MR) is 155 cm³/mol. The molecule has 6 nitrogen and oxygen atoms in total. The summed E-state index contributed by atoms with van der Waals surface area (Å²) >= 11 is 0. The fraction of sp³-hybridized carbons (Fsp3) is 0.406. The molecule has 38 heavy (non-hydrogen) atoms. The van der Waals surface area contributed by atoms with Crippen molar-refractivity contribution in [2.75, 3.05) is 30.9 Å². The Morgan fingerprint density at radius 2 is 1.68 bits per heavy atom. The Bertz CT molecular complexity index is 1290. The van der Waals surface area contributed by atoms with Crippen LogP contribution in [0.5, 0.6) is 0 Å². The summed E-state index contributed by atoms with van der Waals surface area (Å²) in [6, 6.07) is 17.5. The number of hydrogen-bond donors (Lipinski definition) is 1. The van der Waals surface area contributed by atoms with E-state index in [9.17, 15) is 9.59 Å². The normalized spacial score (nSPS) is 17.7. The fourth-order valence-corrected chi connectivity index (χ4v) is 5.34. The van der Waals surface area contributed by atoms with Gasteiger partial charge in [-0.2, -0.15) is 0 Å². The molecule has 200 valence electrons. The van der Waals surface area contributed by atoms with Gasteiger partial charge in [0, 0.05) is 38.1 Å². The van der Waals surface area contributed by atoms with Crippen molar-refractivity contribution >= 4 is 23.3 Å². The minimum atomic E-state index is -0.412. The lowest BCUT2D eigenvalue weighted by molar-refractivity contribution is -0.123. The first-order valence-electron chi connectivity index (χ1n) is 13.4. The van der Waals surface area contributed by atoms with E-state index in [-0.39, 0.29) is 17.2 Å². The molecule has 1 fully saturated rings. The van der Waals surface area contributed by atoms with Crippen LogP contribution in [0.4, 0.5) is 11.5 Å². The van der Waals surface area contributed by atoms with Gasteiger partial charge in [-0.3, -0.25) is 9.59 Å². The molecule has 1 saturated heterocycles. The number of benzene rings is 2. The molecular weight excluding hydrogens is 472 g/mol. The number of carbonyl (C=O) groups is 2. The average Bonchev–Trinajstić information content (AvgIpc) is 2.87. The average molecular weight is 513 g/mol. The number of anilines is 2. The van der Waals surface area contributed by atoms with E-state index in [4.69, 9.17) is 0 Å². The van der Waals surface area contributed by atoms with Crippen molar-refractivity contribution in [1.29, 1.82) is 0 Å². The predicted octanol–water partition coefficient (Wildman–Crippen LogP) is 6.29. The number of nitrogens with zero attached hydrogens (tertiary/aromatic N) is 3. The van der Waals surface area contributed by atoms with Crippen LogP contribution >= 0.6 is 0 Å². The second kappa shape index (κ2) is 11.0. The molecule has 1 aliphatic heterocycles. The van der Waals surface area contributed by atoms with Gasteiger partial charge in [-0.05, 0) is 72.6 Å². The number of rotatable bonds is 5. The standard InChI is InChI=1S/C32H40N4O2/c1-21-11-8-12-22(2)28(21)31(38)36-18-10-15-26(29(36)23-16-17-27(33-20-23)35(6)7)30(37)34-25-14-9-13-24(19-25)32(3,4)5/h8-9,11-14,16-17,19-20,26,29H,10,15,18H2,1-7H3,(H,34,37). The first-order valence-corrected chi connectivity index (χ1v) is 13.4. The summed E-state index contributed by atoms with van der Waals surface area (Å²) in [5.41, 5.74) is 5.39. The summed E-state index contributed by atoms with van der Waals surface area (Å²) in [7, 11) is 3.89. The highest BCUT2D eigenvalue weighted by molar-refractivity contribution is 5.99. The highest BCUT2D eigenvalue weighted by Crippen LogP contribution is 2.39. The van der Waals surface area contributed by atoms with Gasteiger partial charge in [0.15, 0.2) is 0 Å². The van der Waals surface area contributed by atoms with E-state index < -0.39 is 12.0 Å². The zero-order valence-electron chi connectivity index (χ0n) is 23.7. The van der Waals surface area contributed by atoms with Crippen molar-refractivity contribution in [3.8, 4) is 0 Å². The molecule has 4 rings (SSSR count). The highest BCUT2D eigenvalue weighted by Gasteiger charge is 2.40. The summed E-state index contributed by atoms with van der Waals surface area (Å²) in [6.07, 6.45) is 3.27. The van der Waals surface area contributed by atoms with Crippen LogP contribution in [0.2, 0.25) is 0 Å². The van der Waals surface area contributed by atoms with E-state index in [0.717, 1.165) is 40.2 Å². The summed E-state index contributed by atoms with van der Waals surface area (Å²) in [6.45, 7) is 11.0. The lowest BCUT2D eigenvalue weighted by Gasteiger charge is -2.41. The van der Waals surface area contributed by atoms with Gasteiger partial charge in [0.05, 0.1) is 12.0 Å². The number of amides is 2. The highest BCUT2D eigenvalue weighted by atomic mass is 16.2. The molecule has 0 aliphatic carbocycles. The third kappa shape index (κ3) is 5.74. The van der Waals surface area contributed by atoms with Crippen LogP contribution in [0.15, 0.2) is 60.8 Å². The second-order valence-corrected chi connectivity index (χ2v) is 11.6. The molecular formula is C32H40N4O2. The summed E-state index contributed by atoms with van der Waals surface area (Å²) in [4.78, 5) is 36.4. The number of nitrogens with one attached hydrogen (secondary N) is 1. The quantitative estimate of drug-likeness (QED) is 0.436. The van der Waals surface area contributed by atoms with Gasteiger partial charge in [0.1, 0.15) is 5.82 Å². The first-order chi connectivity index (χ1) is 18.0. The lowest BCUT2D eigenvalue weighted by atomic mass is 9.83. The van der Waals surface area contributed by atoms with Gasteiger partial charge in [-0.1, -0.05) is 57.2 Å². The van der Waals surface area contributed by atoms with Crippen molar-refractivity contribution in [2.24, 2.45) is 5.92 Å².